The highest BCUT2D eigenvalue weighted by molar-refractivity contribution is 5.85. The minimum Gasteiger partial charge on any atom is -0.406 e. The van der Waals surface area contributed by atoms with Crippen LogP contribution in [0.1, 0.15) is 87.7 Å². The van der Waals surface area contributed by atoms with Crippen LogP contribution in [-0.2, 0) is 6.54 Å². The smallest absolute Gasteiger partial charge is 0.406 e. The number of hydrogen-bond acceptors (Lipinski definition) is 2. The van der Waals surface area contributed by atoms with Crippen molar-refractivity contribution in [2.24, 2.45) is 5.92 Å². The number of para-hydroxylation sites is 1. The molecule has 1 heterocycles. The molecule has 2 saturated carbocycles. The van der Waals surface area contributed by atoms with Gasteiger partial charge in [-0.15, -0.1) is 13.2 Å². The molecule has 0 bridgehead atoms. The van der Waals surface area contributed by atoms with Gasteiger partial charge in [0.15, 0.2) is 0 Å². The van der Waals surface area contributed by atoms with Crippen molar-refractivity contribution < 1.29 is 17.9 Å². The van der Waals surface area contributed by atoms with Gasteiger partial charge in [-0.25, -0.2) is 0 Å². The summed E-state index contributed by atoms with van der Waals surface area (Å²) in [5.74, 6) is 0.513. The molecule has 1 unspecified atom stereocenters. The van der Waals surface area contributed by atoms with Crippen molar-refractivity contribution in [3.05, 3.63) is 65.9 Å². The fourth-order valence-electron chi connectivity index (χ4n) is 6.52. The van der Waals surface area contributed by atoms with Crippen LogP contribution in [-0.4, -0.2) is 23.5 Å². The van der Waals surface area contributed by atoms with Gasteiger partial charge in [-0.05, 0) is 73.9 Å². The van der Waals surface area contributed by atoms with E-state index >= 15 is 0 Å². The van der Waals surface area contributed by atoms with Crippen LogP contribution in [0.2, 0.25) is 0 Å². The van der Waals surface area contributed by atoms with Gasteiger partial charge in [0.2, 0.25) is 0 Å². The highest BCUT2D eigenvalue weighted by atomic mass is 19.4. The van der Waals surface area contributed by atoms with Crippen LogP contribution < -0.4 is 10.1 Å². The SMILES string of the molecule is FC(F)(F)Oc1cccc(C(CCNC2CCCCC2)c2cn(CC3CCCCC3)c3ccccc23)c1. The number of halogens is 3. The molecule has 3 aromatic rings. The van der Waals surface area contributed by atoms with E-state index in [4.69, 9.17) is 0 Å². The summed E-state index contributed by atoms with van der Waals surface area (Å²) in [6.07, 6.45) is 11.2. The van der Waals surface area contributed by atoms with E-state index < -0.39 is 6.36 Å². The molecular weight excluding hydrogens is 473 g/mol. The number of ether oxygens (including phenoxy) is 1. The largest absolute Gasteiger partial charge is 0.573 e. The summed E-state index contributed by atoms with van der Waals surface area (Å²) in [6.45, 7) is 1.84. The van der Waals surface area contributed by atoms with Gasteiger partial charge in [-0.2, -0.15) is 0 Å². The number of fused-ring (bicyclic) bond motifs is 1. The van der Waals surface area contributed by atoms with Crippen molar-refractivity contribution >= 4 is 10.9 Å². The molecule has 2 aromatic carbocycles. The van der Waals surface area contributed by atoms with Gasteiger partial charge in [0.25, 0.3) is 0 Å². The molecule has 6 heteroatoms. The third-order valence-electron chi connectivity index (χ3n) is 8.34. The molecule has 0 spiro atoms. The average Bonchev–Trinajstić information content (AvgIpc) is 3.25. The number of aromatic nitrogens is 1. The summed E-state index contributed by atoms with van der Waals surface area (Å²) < 4.78 is 45.7. The van der Waals surface area contributed by atoms with Gasteiger partial charge in [-0.1, -0.05) is 68.9 Å². The molecule has 0 amide bonds. The molecule has 2 fully saturated rings. The van der Waals surface area contributed by atoms with Crippen LogP contribution in [0.15, 0.2) is 54.7 Å². The summed E-state index contributed by atoms with van der Waals surface area (Å²) in [5.41, 5.74) is 3.28. The zero-order chi connectivity index (χ0) is 25.7. The van der Waals surface area contributed by atoms with Crippen LogP contribution in [0.3, 0.4) is 0 Å². The number of hydrogen-bond donors (Lipinski definition) is 1. The topological polar surface area (TPSA) is 26.2 Å². The molecule has 1 N–H and O–H groups in total. The first-order valence-corrected chi connectivity index (χ1v) is 14.1. The number of nitrogens with zero attached hydrogens (tertiary/aromatic N) is 1. The second-order valence-corrected chi connectivity index (χ2v) is 11.0. The van der Waals surface area contributed by atoms with E-state index in [2.05, 4.69) is 45.1 Å². The Kier molecular flexibility index (Phi) is 8.43. The Bertz CT molecular complexity index is 1140. The van der Waals surface area contributed by atoms with Crippen molar-refractivity contribution in [3.8, 4) is 5.75 Å². The molecule has 200 valence electrons. The normalized spacial score (nSPS) is 18.8. The molecule has 1 atom stereocenters. The van der Waals surface area contributed by atoms with Crippen LogP contribution in [0, 0.1) is 5.92 Å². The lowest BCUT2D eigenvalue weighted by atomic mass is 9.87. The standard InChI is InChI=1S/C31H39F3N2O/c32-31(33,34)37-26-15-9-12-24(20-26)27(18-19-35-25-13-5-2-6-14-25)29-22-36(21-23-10-3-1-4-11-23)30-17-8-7-16-28(29)30/h7-9,12,15-17,20,22-23,25,27,35H,1-6,10-11,13-14,18-19,21H2. The van der Waals surface area contributed by atoms with Crippen molar-refractivity contribution in [3.63, 3.8) is 0 Å². The molecule has 0 aliphatic heterocycles. The maximum atomic E-state index is 13.0. The maximum Gasteiger partial charge on any atom is 0.573 e. The fraction of sp³-hybridized carbons (Fsp3) is 0.548. The number of nitrogens with one attached hydrogen (secondary N) is 1. The molecule has 5 rings (SSSR count). The number of benzene rings is 2. The summed E-state index contributed by atoms with van der Waals surface area (Å²) in [7, 11) is 0. The van der Waals surface area contributed by atoms with E-state index in [1.165, 1.54) is 86.7 Å². The third kappa shape index (κ3) is 6.90. The van der Waals surface area contributed by atoms with Crippen molar-refractivity contribution in [1.82, 2.24) is 9.88 Å². The second kappa shape index (κ2) is 11.9. The van der Waals surface area contributed by atoms with E-state index in [0.29, 0.717) is 12.0 Å². The Morgan fingerprint density at radius 3 is 2.38 bits per heavy atom. The quantitative estimate of drug-likeness (QED) is 0.311. The molecule has 37 heavy (non-hydrogen) atoms. The highest BCUT2D eigenvalue weighted by Crippen LogP contribution is 2.37. The Labute approximate surface area is 218 Å². The van der Waals surface area contributed by atoms with Gasteiger partial charge in [0.1, 0.15) is 5.75 Å². The minimum absolute atomic E-state index is 0.0228. The number of rotatable bonds is 9. The van der Waals surface area contributed by atoms with E-state index in [-0.39, 0.29) is 11.7 Å². The summed E-state index contributed by atoms with van der Waals surface area (Å²) in [6, 6.07) is 15.6. The lowest BCUT2D eigenvalue weighted by molar-refractivity contribution is -0.274. The van der Waals surface area contributed by atoms with Crippen LogP contribution in [0.25, 0.3) is 10.9 Å². The highest BCUT2D eigenvalue weighted by Gasteiger charge is 2.31. The molecule has 2 aliphatic carbocycles. The zero-order valence-corrected chi connectivity index (χ0v) is 21.6. The lowest BCUT2D eigenvalue weighted by Gasteiger charge is -2.25. The number of alkyl halides is 3. The average molecular weight is 513 g/mol. The van der Waals surface area contributed by atoms with Gasteiger partial charge in [-0.3, -0.25) is 0 Å². The van der Waals surface area contributed by atoms with Gasteiger partial charge < -0.3 is 14.6 Å². The third-order valence-corrected chi connectivity index (χ3v) is 8.34. The van der Waals surface area contributed by atoms with Gasteiger partial charge in [0.05, 0.1) is 0 Å². The van der Waals surface area contributed by atoms with Crippen molar-refractivity contribution in [2.45, 2.75) is 95.5 Å². The molecule has 0 radical (unpaired) electrons. The molecule has 1 aromatic heterocycles. The monoisotopic (exact) mass is 512 g/mol. The first-order valence-electron chi connectivity index (χ1n) is 14.1. The van der Waals surface area contributed by atoms with Crippen LogP contribution in [0.5, 0.6) is 5.75 Å². The van der Waals surface area contributed by atoms with Crippen molar-refractivity contribution in [1.29, 1.82) is 0 Å². The molecule has 2 aliphatic rings. The zero-order valence-electron chi connectivity index (χ0n) is 21.6. The molecule has 3 nitrogen and oxygen atoms in total. The predicted octanol–water partition coefficient (Wildman–Crippen LogP) is 8.56. The van der Waals surface area contributed by atoms with Crippen LogP contribution >= 0.6 is 0 Å². The van der Waals surface area contributed by atoms with Crippen LogP contribution in [0.4, 0.5) is 13.2 Å². The van der Waals surface area contributed by atoms with Gasteiger partial charge in [0, 0.05) is 35.6 Å². The minimum atomic E-state index is -4.70. The fourth-order valence-corrected chi connectivity index (χ4v) is 6.52. The summed E-state index contributed by atoms with van der Waals surface area (Å²) in [5, 5.41) is 4.94. The summed E-state index contributed by atoms with van der Waals surface area (Å²) >= 11 is 0. The molecular formula is C31H39F3N2O. The van der Waals surface area contributed by atoms with E-state index in [1.54, 1.807) is 12.1 Å². The Morgan fingerprint density at radius 2 is 1.62 bits per heavy atom. The summed E-state index contributed by atoms with van der Waals surface area (Å²) in [4.78, 5) is 0. The predicted molar refractivity (Wildman–Crippen MR) is 143 cm³/mol. The first-order chi connectivity index (χ1) is 18.0. The van der Waals surface area contributed by atoms with Gasteiger partial charge >= 0.3 is 6.36 Å². The Morgan fingerprint density at radius 1 is 0.892 bits per heavy atom. The molecule has 0 saturated heterocycles. The Balaban J connectivity index is 1.46. The van der Waals surface area contributed by atoms with Crippen molar-refractivity contribution in [2.75, 3.05) is 6.54 Å². The Hall–Kier alpha value is -2.47. The lowest BCUT2D eigenvalue weighted by Crippen LogP contribution is -2.32. The maximum absolute atomic E-state index is 13.0. The second-order valence-electron chi connectivity index (χ2n) is 11.0. The first kappa shape index (κ1) is 26.1. The van der Waals surface area contributed by atoms with E-state index in [1.807, 2.05) is 6.07 Å². The van der Waals surface area contributed by atoms with E-state index in [0.717, 1.165) is 25.1 Å². The van der Waals surface area contributed by atoms with E-state index in [9.17, 15) is 13.2 Å².